The fourth-order valence-corrected chi connectivity index (χ4v) is 4.60. The van der Waals surface area contributed by atoms with Crippen LogP contribution in [0.25, 0.3) is 0 Å². The molecule has 0 aliphatic carbocycles. The van der Waals surface area contributed by atoms with E-state index in [-0.39, 0.29) is 12.1 Å². The van der Waals surface area contributed by atoms with Gasteiger partial charge in [-0.15, -0.1) is 0 Å². The molecule has 0 amide bonds. The number of carbonyl (C=O) groups excluding carboxylic acids is 1. The number of esters is 1. The first-order chi connectivity index (χ1) is 17.7. The molecular formula is C32H50N2O2. The molecule has 4 heteroatoms. The number of unbranched alkanes of at least 4 members (excludes halogenated alkanes) is 12. The zero-order valence-electron chi connectivity index (χ0n) is 23.3. The third-order valence-electron chi connectivity index (χ3n) is 6.99. The first-order valence-electron chi connectivity index (χ1n) is 14.8. The minimum absolute atomic E-state index is 0.252. The summed E-state index contributed by atoms with van der Waals surface area (Å²) in [5.41, 5.74) is 2.83. The number of hydrogen-bond acceptors (Lipinski definition) is 4. The lowest BCUT2D eigenvalue weighted by Crippen LogP contribution is -2.12. The minimum Gasteiger partial charge on any atom is -0.454 e. The number of nitrogens with zero attached hydrogens (tertiary/aromatic N) is 2. The SMILES string of the molecule is CCCCCCCCCc1ccc(C(CC)OC(=O)c2cnc(CCCCCCCCC)nc2)cc1. The smallest absolute Gasteiger partial charge is 0.341 e. The van der Waals surface area contributed by atoms with Crippen LogP contribution >= 0.6 is 0 Å². The molecule has 36 heavy (non-hydrogen) atoms. The molecule has 0 saturated carbocycles. The highest BCUT2D eigenvalue weighted by molar-refractivity contribution is 5.88. The van der Waals surface area contributed by atoms with Crippen molar-refractivity contribution in [1.29, 1.82) is 0 Å². The topological polar surface area (TPSA) is 52.1 Å². The van der Waals surface area contributed by atoms with Crippen molar-refractivity contribution in [2.24, 2.45) is 0 Å². The summed E-state index contributed by atoms with van der Waals surface area (Å²) in [6, 6.07) is 8.59. The van der Waals surface area contributed by atoms with Gasteiger partial charge in [-0.05, 0) is 36.8 Å². The van der Waals surface area contributed by atoms with Crippen LogP contribution in [0.4, 0.5) is 0 Å². The maximum atomic E-state index is 12.7. The molecule has 0 aliphatic heterocycles. The number of benzene rings is 1. The van der Waals surface area contributed by atoms with Gasteiger partial charge in [0.15, 0.2) is 0 Å². The zero-order valence-corrected chi connectivity index (χ0v) is 23.3. The first-order valence-corrected chi connectivity index (χ1v) is 14.8. The fourth-order valence-electron chi connectivity index (χ4n) is 4.60. The number of hydrogen-bond donors (Lipinski definition) is 0. The molecule has 0 N–H and O–H groups in total. The van der Waals surface area contributed by atoms with Gasteiger partial charge in [-0.25, -0.2) is 14.8 Å². The highest BCUT2D eigenvalue weighted by atomic mass is 16.5. The third-order valence-corrected chi connectivity index (χ3v) is 6.99. The van der Waals surface area contributed by atoms with E-state index < -0.39 is 0 Å². The molecule has 2 rings (SSSR count). The van der Waals surface area contributed by atoms with Gasteiger partial charge in [0.05, 0.1) is 5.56 Å². The molecule has 0 spiro atoms. The van der Waals surface area contributed by atoms with Crippen LogP contribution in [0, 0.1) is 0 Å². The van der Waals surface area contributed by atoms with Crippen molar-refractivity contribution < 1.29 is 9.53 Å². The predicted molar refractivity (Wildman–Crippen MR) is 150 cm³/mol. The van der Waals surface area contributed by atoms with Crippen LogP contribution in [0.2, 0.25) is 0 Å². The highest BCUT2D eigenvalue weighted by Gasteiger charge is 2.17. The molecule has 1 aromatic carbocycles. The lowest BCUT2D eigenvalue weighted by Gasteiger charge is -2.17. The van der Waals surface area contributed by atoms with Crippen LogP contribution in [0.5, 0.6) is 0 Å². The van der Waals surface area contributed by atoms with Gasteiger partial charge in [-0.1, -0.05) is 122 Å². The van der Waals surface area contributed by atoms with Crippen molar-refractivity contribution in [2.45, 2.75) is 136 Å². The van der Waals surface area contributed by atoms with Gasteiger partial charge < -0.3 is 4.74 Å². The molecule has 0 saturated heterocycles. The van der Waals surface area contributed by atoms with Crippen LogP contribution in [-0.4, -0.2) is 15.9 Å². The molecule has 1 heterocycles. The van der Waals surface area contributed by atoms with Gasteiger partial charge in [0.1, 0.15) is 11.9 Å². The van der Waals surface area contributed by atoms with Crippen molar-refractivity contribution in [1.82, 2.24) is 9.97 Å². The summed E-state index contributed by atoms with van der Waals surface area (Å²) in [5, 5.41) is 0. The molecule has 0 aliphatic rings. The summed E-state index contributed by atoms with van der Waals surface area (Å²) in [6.45, 7) is 6.55. The zero-order chi connectivity index (χ0) is 25.8. The largest absolute Gasteiger partial charge is 0.454 e. The molecule has 0 radical (unpaired) electrons. The Hall–Kier alpha value is -2.23. The minimum atomic E-state index is -0.350. The van der Waals surface area contributed by atoms with Crippen molar-refractivity contribution >= 4 is 5.97 Å². The van der Waals surface area contributed by atoms with Gasteiger partial charge in [-0.2, -0.15) is 0 Å². The van der Waals surface area contributed by atoms with Crippen LogP contribution in [-0.2, 0) is 17.6 Å². The van der Waals surface area contributed by atoms with Crippen molar-refractivity contribution in [3.05, 3.63) is 59.2 Å². The van der Waals surface area contributed by atoms with E-state index >= 15 is 0 Å². The van der Waals surface area contributed by atoms with Gasteiger partial charge >= 0.3 is 5.97 Å². The Bertz CT molecular complexity index is 817. The van der Waals surface area contributed by atoms with Crippen LogP contribution < -0.4 is 0 Å². The number of carbonyl (C=O) groups is 1. The maximum absolute atomic E-state index is 12.7. The van der Waals surface area contributed by atoms with E-state index in [1.54, 1.807) is 12.4 Å². The molecule has 200 valence electrons. The maximum Gasteiger partial charge on any atom is 0.341 e. The van der Waals surface area contributed by atoms with E-state index in [1.807, 2.05) is 6.92 Å². The summed E-state index contributed by atoms with van der Waals surface area (Å²) in [6.07, 6.45) is 23.9. The van der Waals surface area contributed by atoms with Gasteiger partial charge in [-0.3, -0.25) is 0 Å². The van der Waals surface area contributed by atoms with E-state index in [0.29, 0.717) is 5.56 Å². The highest BCUT2D eigenvalue weighted by Crippen LogP contribution is 2.23. The Kier molecular flexibility index (Phi) is 15.8. The molecule has 1 atom stereocenters. The second-order valence-corrected chi connectivity index (χ2v) is 10.2. The van der Waals surface area contributed by atoms with Crippen LogP contribution in [0.3, 0.4) is 0 Å². The van der Waals surface area contributed by atoms with E-state index in [1.165, 1.54) is 89.0 Å². The summed E-state index contributed by atoms with van der Waals surface area (Å²) in [4.78, 5) is 21.5. The van der Waals surface area contributed by atoms with Gasteiger partial charge in [0.25, 0.3) is 0 Å². The Morgan fingerprint density at radius 1 is 0.694 bits per heavy atom. The summed E-state index contributed by atoms with van der Waals surface area (Å²) in [7, 11) is 0. The summed E-state index contributed by atoms with van der Waals surface area (Å²) in [5.74, 6) is 0.458. The van der Waals surface area contributed by atoms with Gasteiger partial charge in [0.2, 0.25) is 0 Å². The fraction of sp³-hybridized carbons (Fsp3) is 0.656. The molecule has 0 fully saturated rings. The number of ether oxygens (including phenoxy) is 1. The van der Waals surface area contributed by atoms with E-state index in [2.05, 4.69) is 48.1 Å². The predicted octanol–water partition coefficient (Wildman–Crippen LogP) is 9.37. The standard InChI is InChI=1S/C32H50N2O2/c1-4-7-9-11-13-15-17-19-27-21-23-28(24-22-27)30(6-3)36-32(35)29-25-33-31(34-26-29)20-18-16-14-12-10-8-5-2/h21-26,30H,4-20H2,1-3H3. The summed E-state index contributed by atoms with van der Waals surface area (Å²) < 4.78 is 5.82. The lowest BCUT2D eigenvalue weighted by molar-refractivity contribution is 0.0286. The summed E-state index contributed by atoms with van der Waals surface area (Å²) >= 11 is 0. The van der Waals surface area contributed by atoms with E-state index in [9.17, 15) is 4.79 Å². The molecule has 4 nitrogen and oxygen atoms in total. The van der Waals surface area contributed by atoms with E-state index in [4.69, 9.17) is 4.74 Å². The average molecular weight is 495 g/mol. The van der Waals surface area contributed by atoms with Crippen molar-refractivity contribution in [3.8, 4) is 0 Å². The first kappa shape index (κ1) is 30.0. The van der Waals surface area contributed by atoms with Crippen LogP contribution in [0.15, 0.2) is 36.7 Å². The normalized spacial score (nSPS) is 12.0. The molecular weight excluding hydrogens is 444 g/mol. The molecule has 2 aromatic rings. The molecule has 1 aromatic heterocycles. The third kappa shape index (κ3) is 12.1. The second-order valence-electron chi connectivity index (χ2n) is 10.2. The Morgan fingerprint density at radius 3 is 1.72 bits per heavy atom. The number of rotatable bonds is 20. The molecule has 0 bridgehead atoms. The monoisotopic (exact) mass is 494 g/mol. The lowest BCUT2D eigenvalue weighted by atomic mass is 10.0. The van der Waals surface area contributed by atoms with Crippen LogP contribution in [0.1, 0.15) is 150 Å². The van der Waals surface area contributed by atoms with Crippen molar-refractivity contribution in [2.75, 3.05) is 0 Å². The Labute approximate surface area is 220 Å². The average Bonchev–Trinajstić information content (AvgIpc) is 2.91. The number of aromatic nitrogens is 2. The second kappa shape index (κ2) is 19.0. The van der Waals surface area contributed by atoms with E-state index in [0.717, 1.165) is 37.1 Å². The Balaban J connectivity index is 1.73. The molecule has 1 unspecified atom stereocenters. The van der Waals surface area contributed by atoms with Gasteiger partial charge in [0, 0.05) is 18.8 Å². The number of aryl methyl sites for hydroxylation is 2. The Morgan fingerprint density at radius 2 is 1.19 bits per heavy atom. The van der Waals surface area contributed by atoms with Crippen molar-refractivity contribution in [3.63, 3.8) is 0 Å². The quantitative estimate of drug-likeness (QED) is 0.136.